The van der Waals surface area contributed by atoms with Crippen molar-refractivity contribution in [3.8, 4) is 5.75 Å². The van der Waals surface area contributed by atoms with Gasteiger partial charge in [0.25, 0.3) is 5.91 Å². The van der Waals surface area contributed by atoms with Crippen LogP contribution in [0.5, 0.6) is 5.75 Å². The molecule has 1 N–H and O–H groups in total. The van der Waals surface area contributed by atoms with E-state index in [1.807, 2.05) is 37.4 Å². The van der Waals surface area contributed by atoms with Gasteiger partial charge in [0.05, 0.1) is 23.9 Å². The Kier molecular flexibility index (Phi) is 7.30. The van der Waals surface area contributed by atoms with Crippen LogP contribution in [-0.2, 0) is 4.74 Å². The highest BCUT2D eigenvalue weighted by Crippen LogP contribution is 2.38. The number of hydrogen-bond acceptors (Lipinski definition) is 5. The Morgan fingerprint density at radius 2 is 2.03 bits per heavy atom. The number of ether oxygens (including phenoxy) is 2. The zero-order valence-corrected chi connectivity index (χ0v) is 19.5. The minimum Gasteiger partial charge on any atom is -0.489 e. The van der Waals surface area contributed by atoms with Crippen molar-refractivity contribution in [2.24, 2.45) is 5.92 Å². The first-order valence-corrected chi connectivity index (χ1v) is 11.9. The maximum atomic E-state index is 13.1. The van der Waals surface area contributed by atoms with Crippen LogP contribution in [0.4, 0.5) is 11.5 Å². The lowest BCUT2D eigenvalue weighted by atomic mass is 9.92. The summed E-state index contributed by atoms with van der Waals surface area (Å²) in [6.45, 7) is 8.52. The molecule has 6 nitrogen and oxygen atoms in total. The van der Waals surface area contributed by atoms with Crippen molar-refractivity contribution in [3.63, 3.8) is 0 Å². The van der Waals surface area contributed by atoms with Gasteiger partial charge in [-0.2, -0.15) is 0 Å². The van der Waals surface area contributed by atoms with E-state index in [9.17, 15) is 4.79 Å². The lowest BCUT2D eigenvalue weighted by molar-refractivity contribution is 0.0172. The largest absolute Gasteiger partial charge is 0.489 e. The van der Waals surface area contributed by atoms with Crippen LogP contribution in [0, 0.1) is 12.8 Å². The highest BCUT2D eigenvalue weighted by atomic mass is 16.5. The number of para-hydroxylation sites is 1. The number of carbonyl (C=O) groups excluding carboxylic acids is 1. The van der Waals surface area contributed by atoms with Crippen molar-refractivity contribution in [1.82, 2.24) is 10.3 Å². The number of hydrogen-bond donors (Lipinski definition) is 1. The van der Waals surface area contributed by atoms with Crippen molar-refractivity contribution in [3.05, 3.63) is 47.7 Å². The van der Waals surface area contributed by atoms with Gasteiger partial charge in [-0.05, 0) is 68.7 Å². The third kappa shape index (κ3) is 5.41. The summed E-state index contributed by atoms with van der Waals surface area (Å²) in [6.07, 6.45) is 7.19. The summed E-state index contributed by atoms with van der Waals surface area (Å²) >= 11 is 0. The predicted octanol–water partition coefficient (Wildman–Crippen LogP) is 5.02. The van der Waals surface area contributed by atoms with E-state index in [0.717, 1.165) is 55.8 Å². The molecule has 2 aromatic rings. The first kappa shape index (κ1) is 22.6. The first-order valence-electron chi connectivity index (χ1n) is 11.9. The van der Waals surface area contributed by atoms with Crippen LogP contribution < -0.4 is 15.0 Å². The van der Waals surface area contributed by atoms with Gasteiger partial charge < -0.3 is 19.7 Å². The van der Waals surface area contributed by atoms with E-state index in [1.54, 1.807) is 0 Å². The zero-order valence-electron chi connectivity index (χ0n) is 19.5. The Balaban J connectivity index is 1.39. The maximum absolute atomic E-state index is 13.1. The van der Waals surface area contributed by atoms with Gasteiger partial charge in [0.2, 0.25) is 0 Å². The van der Waals surface area contributed by atoms with Crippen molar-refractivity contribution in [2.45, 2.75) is 65.0 Å². The Morgan fingerprint density at radius 3 is 2.75 bits per heavy atom. The number of aromatic nitrogens is 1. The topological polar surface area (TPSA) is 63.7 Å². The number of nitrogens with one attached hydrogen (secondary N) is 1. The molecule has 1 aliphatic heterocycles. The maximum Gasteiger partial charge on any atom is 0.255 e. The van der Waals surface area contributed by atoms with E-state index in [2.05, 4.69) is 35.1 Å². The van der Waals surface area contributed by atoms with Crippen LogP contribution in [0.25, 0.3) is 0 Å². The molecule has 0 bridgehead atoms. The molecule has 2 heterocycles. The minimum atomic E-state index is -0.0651. The van der Waals surface area contributed by atoms with Gasteiger partial charge in [-0.25, -0.2) is 4.98 Å². The third-order valence-corrected chi connectivity index (χ3v) is 6.32. The van der Waals surface area contributed by atoms with Crippen LogP contribution in [0.3, 0.4) is 0 Å². The second kappa shape index (κ2) is 10.3. The summed E-state index contributed by atoms with van der Waals surface area (Å²) in [4.78, 5) is 19.8. The van der Waals surface area contributed by atoms with E-state index in [0.29, 0.717) is 36.5 Å². The number of aryl methyl sites for hydroxylation is 1. The van der Waals surface area contributed by atoms with E-state index in [-0.39, 0.29) is 11.9 Å². The van der Waals surface area contributed by atoms with E-state index in [4.69, 9.17) is 9.47 Å². The molecule has 32 heavy (non-hydrogen) atoms. The van der Waals surface area contributed by atoms with Crippen molar-refractivity contribution < 1.29 is 14.3 Å². The minimum absolute atomic E-state index is 0.0651. The highest BCUT2D eigenvalue weighted by molar-refractivity contribution is 5.99. The molecule has 0 atom stereocenters. The SMILES string of the molecule is Cc1ccc(N2CCOc3c(C(=O)N[C@H]4CC[C@H](OCCC(C)C)CC4)cccc32)nc1. The molecule has 1 amide bonds. The average molecular weight is 438 g/mol. The van der Waals surface area contributed by atoms with Crippen LogP contribution in [0.2, 0.25) is 0 Å². The van der Waals surface area contributed by atoms with Crippen LogP contribution in [0.1, 0.15) is 61.9 Å². The summed E-state index contributed by atoms with van der Waals surface area (Å²) in [7, 11) is 0. The standard InChI is InChI=1S/C26H35N3O3/c1-18(2)13-15-31-21-10-8-20(9-11-21)28-26(30)22-5-4-6-23-25(22)32-16-14-29(23)24-12-7-19(3)17-27-24/h4-7,12,17-18,20-21H,8-11,13-16H2,1-3H3,(H,28,30)/t20-,21-. The van der Waals surface area contributed by atoms with Gasteiger partial charge in [0.15, 0.2) is 5.75 Å². The lowest BCUT2D eigenvalue weighted by Crippen LogP contribution is -2.39. The van der Waals surface area contributed by atoms with E-state index >= 15 is 0 Å². The normalized spacial score (nSPS) is 20.6. The quantitative estimate of drug-likeness (QED) is 0.659. The molecule has 1 aliphatic carbocycles. The molecule has 1 fully saturated rings. The van der Waals surface area contributed by atoms with Crippen molar-refractivity contribution >= 4 is 17.4 Å². The molecule has 0 saturated heterocycles. The second-order valence-electron chi connectivity index (χ2n) is 9.35. The van der Waals surface area contributed by atoms with Crippen molar-refractivity contribution in [2.75, 3.05) is 24.7 Å². The van der Waals surface area contributed by atoms with Crippen LogP contribution >= 0.6 is 0 Å². The number of fused-ring (bicyclic) bond motifs is 1. The number of amides is 1. The van der Waals surface area contributed by atoms with Crippen molar-refractivity contribution in [1.29, 1.82) is 0 Å². The Hall–Kier alpha value is -2.60. The molecule has 0 unspecified atom stereocenters. The molecule has 0 spiro atoms. The van der Waals surface area contributed by atoms with Crippen LogP contribution in [0.15, 0.2) is 36.5 Å². The van der Waals surface area contributed by atoms with Gasteiger partial charge in [0.1, 0.15) is 12.4 Å². The van der Waals surface area contributed by atoms with Gasteiger partial charge >= 0.3 is 0 Å². The number of benzene rings is 1. The Bertz CT molecular complexity index is 905. The van der Waals surface area contributed by atoms with Gasteiger partial charge in [-0.3, -0.25) is 4.79 Å². The smallest absolute Gasteiger partial charge is 0.255 e. The number of carbonyl (C=O) groups is 1. The molecule has 4 rings (SSSR count). The molecule has 1 aromatic carbocycles. The molecule has 1 aromatic heterocycles. The fraction of sp³-hybridized carbons (Fsp3) is 0.538. The highest BCUT2D eigenvalue weighted by Gasteiger charge is 2.28. The monoisotopic (exact) mass is 437 g/mol. The molecular formula is C26H35N3O3. The first-order chi connectivity index (χ1) is 15.5. The van der Waals surface area contributed by atoms with Gasteiger partial charge in [-0.1, -0.05) is 26.0 Å². The Labute approximate surface area is 191 Å². The summed E-state index contributed by atoms with van der Waals surface area (Å²) < 4.78 is 12.0. The molecule has 172 valence electrons. The molecular weight excluding hydrogens is 402 g/mol. The molecule has 0 radical (unpaired) electrons. The zero-order chi connectivity index (χ0) is 22.5. The summed E-state index contributed by atoms with van der Waals surface area (Å²) in [5.74, 6) is 2.12. The second-order valence-corrected chi connectivity index (χ2v) is 9.35. The fourth-order valence-corrected chi connectivity index (χ4v) is 4.39. The summed E-state index contributed by atoms with van der Waals surface area (Å²) in [5.41, 5.74) is 2.60. The number of rotatable bonds is 7. The Morgan fingerprint density at radius 1 is 1.22 bits per heavy atom. The summed E-state index contributed by atoms with van der Waals surface area (Å²) in [6, 6.07) is 10.0. The van der Waals surface area contributed by atoms with Gasteiger partial charge in [0, 0.05) is 18.8 Å². The molecule has 6 heteroatoms. The number of nitrogens with zero attached hydrogens (tertiary/aromatic N) is 2. The predicted molar refractivity (Wildman–Crippen MR) is 127 cm³/mol. The average Bonchev–Trinajstić information content (AvgIpc) is 2.80. The molecule has 1 saturated carbocycles. The van der Waals surface area contributed by atoms with E-state index in [1.165, 1.54) is 0 Å². The van der Waals surface area contributed by atoms with Gasteiger partial charge in [-0.15, -0.1) is 0 Å². The number of pyridine rings is 1. The lowest BCUT2D eigenvalue weighted by Gasteiger charge is -2.32. The third-order valence-electron chi connectivity index (χ3n) is 6.32. The van der Waals surface area contributed by atoms with E-state index < -0.39 is 0 Å². The molecule has 2 aliphatic rings. The van der Waals surface area contributed by atoms with Crippen LogP contribution in [-0.4, -0.2) is 42.8 Å². The number of anilines is 2. The fourth-order valence-electron chi connectivity index (χ4n) is 4.39. The summed E-state index contributed by atoms with van der Waals surface area (Å²) in [5, 5.41) is 3.23.